The lowest BCUT2D eigenvalue weighted by atomic mass is 9.93. The van der Waals surface area contributed by atoms with Gasteiger partial charge in [0.1, 0.15) is 17.1 Å². The summed E-state index contributed by atoms with van der Waals surface area (Å²) in [5.41, 5.74) is -3.83. The standard InChI is InChI=1S/C29H32ClF3N6O3/c30-21-11-19(40)12-22(23(21)29(31,32)33)38-10-5-20-24(26(38)41)35-27(36-25(20)39-14-17-3-4-18(39)13-34-17)42-16-28(6-7-28)15-37-8-1-2-9-37/h5,10-12,17-18,34,40H,1-4,6-9,13-16H2/i16D2. The van der Waals surface area contributed by atoms with Crippen molar-refractivity contribution in [3.8, 4) is 17.4 Å². The summed E-state index contributed by atoms with van der Waals surface area (Å²) in [6.45, 7) is 1.47. The Morgan fingerprint density at radius 3 is 2.64 bits per heavy atom. The third kappa shape index (κ3) is 5.07. The summed E-state index contributed by atoms with van der Waals surface area (Å²) >= 11 is 5.91. The predicted octanol–water partition coefficient (Wildman–Crippen LogP) is 4.35. The second-order valence-electron chi connectivity index (χ2n) is 11.9. The van der Waals surface area contributed by atoms with Gasteiger partial charge in [0.25, 0.3) is 5.56 Å². The van der Waals surface area contributed by atoms with Gasteiger partial charge in [-0.1, -0.05) is 11.6 Å². The third-order valence-corrected chi connectivity index (χ3v) is 9.17. The van der Waals surface area contributed by atoms with Crippen LogP contribution in [0.25, 0.3) is 16.6 Å². The zero-order chi connectivity index (χ0) is 31.0. The minimum Gasteiger partial charge on any atom is -0.508 e. The molecule has 5 fully saturated rings. The molecular formula is C29H32ClF3N6O3. The van der Waals surface area contributed by atoms with Crippen molar-refractivity contribution in [3.63, 3.8) is 0 Å². The molecule has 42 heavy (non-hydrogen) atoms. The lowest BCUT2D eigenvalue weighted by Crippen LogP contribution is -2.61. The van der Waals surface area contributed by atoms with E-state index in [2.05, 4.69) is 20.2 Å². The van der Waals surface area contributed by atoms with Crippen molar-refractivity contribution in [3.05, 3.63) is 45.3 Å². The summed E-state index contributed by atoms with van der Waals surface area (Å²) in [4.78, 5) is 27.2. The van der Waals surface area contributed by atoms with Crippen molar-refractivity contribution in [1.82, 2.24) is 24.8 Å². The number of hydrogen-bond donors (Lipinski definition) is 2. The molecule has 1 saturated carbocycles. The lowest BCUT2D eigenvalue weighted by molar-refractivity contribution is -0.137. The van der Waals surface area contributed by atoms with Crippen molar-refractivity contribution in [1.29, 1.82) is 0 Å². The van der Waals surface area contributed by atoms with E-state index in [1.54, 1.807) is 0 Å². The number of piperidine rings is 2. The van der Waals surface area contributed by atoms with Crippen LogP contribution >= 0.6 is 11.6 Å². The summed E-state index contributed by atoms with van der Waals surface area (Å²) in [6.07, 6.45) is 1.51. The number of benzene rings is 1. The van der Waals surface area contributed by atoms with Gasteiger partial charge in [-0.2, -0.15) is 23.1 Å². The number of ether oxygens (including phenoxy) is 1. The molecule has 2 unspecified atom stereocenters. The number of piperazine rings is 1. The van der Waals surface area contributed by atoms with Gasteiger partial charge in [0.2, 0.25) is 0 Å². The monoisotopic (exact) mass is 606 g/mol. The molecule has 4 saturated heterocycles. The topological polar surface area (TPSA) is 95.8 Å². The molecule has 5 aliphatic rings. The number of anilines is 1. The number of halogens is 4. The van der Waals surface area contributed by atoms with Crippen molar-refractivity contribution in [2.24, 2.45) is 5.41 Å². The number of pyridine rings is 1. The highest BCUT2D eigenvalue weighted by atomic mass is 35.5. The molecule has 2 bridgehead atoms. The molecule has 224 valence electrons. The largest absolute Gasteiger partial charge is 0.508 e. The van der Waals surface area contributed by atoms with E-state index >= 15 is 0 Å². The number of rotatable bonds is 7. The maximum Gasteiger partial charge on any atom is 0.419 e. The van der Waals surface area contributed by atoms with Crippen LogP contribution in [0, 0.1) is 5.41 Å². The van der Waals surface area contributed by atoms with E-state index in [9.17, 15) is 23.1 Å². The molecule has 2 atom stereocenters. The average molecular weight is 607 g/mol. The summed E-state index contributed by atoms with van der Waals surface area (Å²) in [6, 6.07) is 2.96. The van der Waals surface area contributed by atoms with Crippen LogP contribution in [-0.2, 0) is 6.18 Å². The van der Waals surface area contributed by atoms with Gasteiger partial charge in [-0.15, -0.1) is 0 Å². The highest BCUT2D eigenvalue weighted by molar-refractivity contribution is 6.31. The molecule has 3 aromatic rings. The maximum absolute atomic E-state index is 14.1. The van der Waals surface area contributed by atoms with Gasteiger partial charge >= 0.3 is 12.2 Å². The van der Waals surface area contributed by atoms with E-state index < -0.39 is 45.7 Å². The number of nitrogens with zero attached hydrogens (tertiary/aromatic N) is 5. The predicted molar refractivity (Wildman–Crippen MR) is 152 cm³/mol. The molecule has 6 heterocycles. The first-order chi connectivity index (χ1) is 20.8. The summed E-state index contributed by atoms with van der Waals surface area (Å²) in [5, 5.41) is 13.1. The normalized spacial score (nSPS) is 24.6. The summed E-state index contributed by atoms with van der Waals surface area (Å²) in [5.74, 6) is -0.175. The number of aromatic hydroxyl groups is 1. The van der Waals surface area contributed by atoms with Crippen molar-refractivity contribution in [2.45, 2.75) is 56.8 Å². The summed E-state index contributed by atoms with van der Waals surface area (Å²) in [7, 11) is 0. The Morgan fingerprint density at radius 1 is 1.21 bits per heavy atom. The first-order valence-corrected chi connectivity index (χ1v) is 14.7. The molecule has 4 aliphatic heterocycles. The fourth-order valence-corrected chi connectivity index (χ4v) is 6.84. The third-order valence-electron chi connectivity index (χ3n) is 8.87. The molecule has 8 rings (SSSR count). The minimum absolute atomic E-state index is 0.0526. The molecule has 2 N–H and O–H groups in total. The molecular weight excluding hydrogens is 573 g/mol. The fraction of sp³-hybridized carbons (Fsp3) is 0.552. The molecule has 0 spiro atoms. The number of likely N-dealkylation sites (tertiary alicyclic amines) is 1. The number of fused-ring (bicyclic) bond motifs is 4. The molecule has 0 radical (unpaired) electrons. The SMILES string of the molecule is [2H]C([2H])(Oc1nc(N2CC3CCC2CN3)c2ccn(-c3cc(O)cc(Cl)c3C(F)(F)F)c(=O)c2n1)C1(CN2CCCC2)CC1. The van der Waals surface area contributed by atoms with Gasteiger partial charge in [0.15, 0.2) is 0 Å². The Hall–Kier alpha value is -3.09. The van der Waals surface area contributed by atoms with E-state index in [1.165, 1.54) is 12.3 Å². The molecule has 13 heteroatoms. The van der Waals surface area contributed by atoms with Gasteiger partial charge in [-0.05, 0) is 63.7 Å². The van der Waals surface area contributed by atoms with Crippen LogP contribution in [0.5, 0.6) is 11.8 Å². The highest BCUT2D eigenvalue weighted by Crippen LogP contribution is 2.47. The van der Waals surface area contributed by atoms with Crippen LogP contribution in [-0.4, -0.2) is 75.9 Å². The molecule has 1 aliphatic carbocycles. The smallest absolute Gasteiger partial charge is 0.419 e. The zero-order valence-electron chi connectivity index (χ0n) is 24.8. The van der Waals surface area contributed by atoms with Crippen LogP contribution in [0.1, 0.15) is 46.8 Å². The van der Waals surface area contributed by atoms with Gasteiger partial charge in [0, 0.05) is 49.4 Å². The number of phenolic OH excluding ortho intramolecular Hbond substituents is 1. The number of nitrogens with one attached hydrogen (secondary N) is 1. The van der Waals surface area contributed by atoms with Crippen LogP contribution in [0.15, 0.2) is 29.2 Å². The average Bonchev–Trinajstić information content (AvgIpc) is 3.58. The quantitative estimate of drug-likeness (QED) is 0.410. The molecule has 2 aromatic heterocycles. The zero-order valence-corrected chi connectivity index (χ0v) is 23.5. The number of phenols is 1. The highest BCUT2D eigenvalue weighted by Gasteiger charge is 2.45. The van der Waals surface area contributed by atoms with Crippen LogP contribution in [0.3, 0.4) is 0 Å². The Balaban J connectivity index is 1.36. The Labute approximate surface area is 248 Å². The fourth-order valence-electron chi connectivity index (χ4n) is 6.52. The van der Waals surface area contributed by atoms with E-state index in [0.717, 1.165) is 55.5 Å². The van der Waals surface area contributed by atoms with Gasteiger partial charge in [-0.25, -0.2) is 0 Å². The van der Waals surface area contributed by atoms with E-state index in [4.69, 9.17) is 19.1 Å². The second kappa shape index (κ2) is 10.3. The maximum atomic E-state index is 14.1. The second-order valence-corrected chi connectivity index (χ2v) is 12.3. The van der Waals surface area contributed by atoms with E-state index in [-0.39, 0.29) is 23.6 Å². The number of alkyl halides is 3. The number of hydrogen-bond acceptors (Lipinski definition) is 8. The van der Waals surface area contributed by atoms with Crippen molar-refractivity contribution in [2.75, 3.05) is 44.2 Å². The van der Waals surface area contributed by atoms with Crippen molar-refractivity contribution >= 4 is 28.3 Å². The molecule has 1 aromatic carbocycles. The van der Waals surface area contributed by atoms with E-state index in [1.807, 2.05) is 4.90 Å². The molecule has 0 amide bonds. The number of aromatic nitrogens is 3. The Bertz CT molecular complexity index is 1670. The van der Waals surface area contributed by atoms with Gasteiger partial charge in [-0.3, -0.25) is 9.36 Å². The first kappa shape index (κ1) is 25.4. The van der Waals surface area contributed by atoms with Crippen LogP contribution in [0.4, 0.5) is 19.0 Å². The van der Waals surface area contributed by atoms with E-state index in [0.29, 0.717) is 43.7 Å². The minimum atomic E-state index is -4.93. The summed E-state index contributed by atoms with van der Waals surface area (Å²) < 4.78 is 66.8. The van der Waals surface area contributed by atoms with Gasteiger partial charge < -0.3 is 25.0 Å². The lowest BCUT2D eigenvalue weighted by Gasteiger charge is -2.46. The Kier molecular flexibility index (Phi) is 6.21. The Morgan fingerprint density at radius 2 is 2.00 bits per heavy atom. The first-order valence-electron chi connectivity index (χ1n) is 15.3. The van der Waals surface area contributed by atoms with Crippen LogP contribution in [0.2, 0.25) is 5.02 Å². The van der Waals surface area contributed by atoms with Crippen molar-refractivity contribution < 1.29 is 25.8 Å². The van der Waals surface area contributed by atoms with Gasteiger partial charge in [0.05, 0.1) is 31.0 Å². The molecule has 9 nitrogen and oxygen atoms in total. The van der Waals surface area contributed by atoms with Crippen LogP contribution < -0.4 is 20.5 Å².